The van der Waals surface area contributed by atoms with Crippen LogP contribution in [-0.2, 0) is 16.1 Å². The predicted molar refractivity (Wildman–Crippen MR) is 117 cm³/mol. The van der Waals surface area contributed by atoms with Crippen LogP contribution in [0.25, 0.3) is 5.76 Å². The molecule has 164 valence electrons. The number of phenols is 1. The number of ketones is 1. The van der Waals surface area contributed by atoms with Gasteiger partial charge in [0.05, 0.1) is 25.1 Å². The Labute approximate surface area is 185 Å². The summed E-state index contributed by atoms with van der Waals surface area (Å²) in [5, 5.41) is 21.1. The molecule has 0 radical (unpaired) electrons. The second kappa shape index (κ2) is 8.97. The van der Waals surface area contributed by atoms with E-state index in [1.165, 1.54) is 24.1 Å². The molecule has 2 heterocycles. The molecule has 32 heavy (non-hydrogen) atoms. The lowest BCUT2D eigenvalue weighted by Crippen LogP contribution is -2.31. The summed E-state index contributed by atoms with van der Waals surface area (Å²) in [5.74, 6) is -1.21. The number of aromatic nitrogens is 2. The molecule has 4 rings (SSSR count). The number of likely N-dealkylation sites (tertiary alicyclic amines) is 1. The van der Waals surface area contributed by atoms with Gasteiger partial charge in [0.2, 0.25) is 0 Å². The molecule has 1 aliphatic heterocycles. The fraction of sp³-hybridized carbons (Fsp3) is 0.208. The smallest absolute Gasteiger partial charge is 0.295 e. The van der Waals surface area contributed by atoms with E-state index in [2.05, 4.69) is 4.98 Å². The Kier molecular flexibility index (Phi) is 5.93. The topological polar surface area (TPSA) is 105 Å². The molecule has 0 bridgehead atoms. The fourth-order valence-electron chi connectivity index (χ4n) is 3.92. The Balaban J connectivity index is 1.75. The monoisotopic (exact) mass is 433 g/mol. The van der Waals surface area contributed by atoms with Crippen molar-refractivity contribution in [1.82, 2.24) is 14.5 Å². The normalized spacial score (nSPS) is 17.7. The molecule has 1 unspecified atom stereocenters. The predicted octanol–water partition coefficient (Wildman–Crippen LogP) is 3.11. The van der Waals surface area contributed by atoms with Crippen LogP contribution in [0.2, 0.25) is 0 Å². The Hall–Kier alpha value is -4.07. The van der Waals surface area contributed by atoms with Crippen LogP contribution in [0.1, 0.15) is 23.6 Å². The third kappa shape index (κ3) is 4.07. The maximum atomic E-state index is 13.0. The summed E-state index contributed by atoms with van der Waals surface area (Å²) in [6, 6.07) is 12.2. The van der Waals surface area contributed by atoms with E-state index in [1.54, 1.807) is 48.9 Å². The summed E-state index contributed by atoms with van der Waals surface area (Å²) >= 11 is 0. The summed E-state index contributed by atoms with van der Waals surface area (Å²) in [7, 11) is 1.51. The number of methoxy groups -OCH3 is 1. The Bertz CT molecular complexity index is 1170. The number of phenolic OH excluding ortho intramolecular Hbond substituents is 1. The lowest BCUT2D eigenvalue weighted by Gasteiger charge is -2.25. The van der Waals surface area contributed by atoms with Crippen molar-refractivity contribution in [2.24, 2.45) is 0 Å². The van der Waals surface area contributed by atoms with Crippen LogP contribution in [0.15, 0.2) is 72.8 Å². The van der Waals surface area contributed by atoms with Crippen LogP contribution < -0.4 is 4.74 Å². The number of hydrogen-bond donors (Lipinski definition) is 2. The number of benzene rings is 2. The third-order valence-corrected chi connectivity index (χ3v) is 5.44. The molecule has 1 aliphatic rings. The van der Waals surface area contributed by atoms with Gasteiger partial charge in [-0.15, -0.1) is 0 Å². The molecular weight excluding hydrogens is 410 g/mol. The second-order valence-corrected chi connectivity index (χ2v) is 7.47. The summed E-state index contributed by atoms with van der Waals surface area (Å²) in [6.07, 6.45) is 5.76. The van der Waals surface area contributed by atoms with Crippen molar-refractivity contribution < 1.29 is 24.5 Å². The van der Waals surface area contributed by atoms with Crippen molar-refractivity contribution >= 4 is 17.4 Å². The van der Waals surface area contributed by atoms with Gasteiger partial charge in [0.1, 0.15) is 17.3 Å². The first-order valence-electron chi connectivity index (χ1n) is 10.2. The highest BCUT2D eigenvalue weighted by Crippen LogP contribution is 2.40. The number of hydrogen-bond acceptors (Lipinski definition) is 6. The van der Waals surface area contributed by atoms with Crippen molar-refractivity contribution in [1.29, 1.82) is 0 Å². The molecule has 0 spiro atoms. The van der Waals surface area contributed by atoms with E-state index in [4.69, 9.17) is 4.74 Å². The number of amides is 1. The number of carbonyl (C=O) groups excluding carboxylic acids is 2. The maximum absolute atomic E-state index is 13.0. The minimum atomic E-state index is -0.823. The largest absolute Gasteiger partial charge is 0.508 e. The number of carbonyl (C=O) groups is 2. The first-order valence-corrected chi connectivity index (χ1v) is 10.2. The molecule has 2 aromatic carbocycles. The van der Waals surface area contributed by atoms with Gasteiger partial charge in [0.15, 0.2) is 0 Å². The highest BCUT2D eigenvalue weighted by molar-refractivity contribution is 6.46. The highest BCUT2D eigenvalue weighted by Gasteiger charge is 2.45. The molecule has 3 aromatic rings. The molecule has 2 N–H and O–H groups in total. The summed E-state index contributed by atoms with van der Waals surface area (Å²) in [5.41, 5.74) is 0.888. The molecule has 0 saturated carbocycles. The molecular formula is C24H23N3O5. The minimum absolute atomic E-state index is 0.00730. The molecule has 1 atom stereocenters. The number of aliphatic hydroxyl groups excluding tert-OH is 1. The maximum Gasteiger partial charge on any atom is 0.295 e. The van der Waals surface area contributed by atoms with Crippen LogP contribution >= 0.6 is 0 Å². The first-order chi connectivity index (χ1) is 15.5. The zero-order valence-electron chi connectivity index (χ0n) is 17.5. The van der Waals surface area contributed by atoms with Crippen LogP contribution in [0, 0.1) is 0 Å². The Morgan fingerprint density at radius 3 is 2.66 bits per heavy atom. The van der Waals surface area contributed by atoms with E-state index in [-0.39, 0.29) is 23.6 Å². The number of aliphatic hydroxyl groups is 1. The number of aryl methyl sites for hydroxylation is 1. The molecule has 1 saturated heterocycles. The minimum Gasteiger partial charge on any atom is -0.508 e. The number of rotatable bonds is 7. The van der Waals surface area contributed by atoms with Crippen LogP contribution in [-0.4, -0.2) is 50.0 Å². The zero-order chi connectivity index (χ0) is 22.7. The van der Waals surface area contributed by atoms with Crippen LogP contribution in [0.3, 0.4) is 0 Å². The highest BCUT2D eigenvalue weighted by atomic mass is 16.5. The van der Waals surface area contributed by atoms with Gasteiger partial charge in [0.25, 0.3) is 11.7 Å². The number of nitrogens with zero attached hydrogens (tertiary/aromatic N) is 3. The number of ether oxygens (including phenoxy) is 1. The van der Waals surface area contributed by atoms with E-state index in [0.29, 0.717) is 29.8 Å². The molecule has 1 fully saturated rings. The number of Topliss-reactive ketones (excluding diaryl/α,β-unsaturated/α-hetero) is 1. The van der Waals surface area contributed by atoms with Crippen molar-refractivity contribution in [3.05, 3.63) is 84.0 Å². The lowest BCUT2D eigenvalue weighted by molar-refractivity contribution is -0.139. The molecule has 1 aromatic heterocycles. The van der Waals surface area contributed by atoms with Gasteiger partial charge >= 0.3 is 0 Å². The second-order valence-electron chi connectivity index (χ2n) is 7.47. The van der Waals surface area contributed by atoms with E-state index in [1.807, 2.05) is 10.8 Å². The standard InChI is InChI=1S/C24H23N3O5/c1-32-19-8-3-6-17(14-19)22(29)20-21(16-5-2-7-18(28)13-16)27(24(31)23(20)30)11-4-10-26-12-9-25-15-26/h2-3,5-9,12-15,21,28-29H,4,10-11H2,1H3. The first kappa shape index (κ1) is 21.2. The molecule has 8 heteroatoms. The van der Waals surface area contributed by atoms with E-state index < -0.39 is 17.7 Å². The van der Waals surface area contributed by atoms with Crippen molar-refractivity contribution in [3.63, 3.8) is 0 Å². The van der Waals surface area contributed by atoms with Gasteiger partial charge in [-0.3, -0.25) is 9.59 Å². The third-order valence-electron chi connectivity index (χ3n) is 5.44. The van der Waals surface area contributed by atoms with Gasteiger partial charge < -0.3 is 24.4 Å². The lowest BCUT2D eigenvalue weighted by atomic mass is 9.95. The average Bonchev–Trinajstić information content (AvgIpc) is 3.41. The fourth-order valence-corrected chi connectivity index (χ4v) is 3.92. The van der Waals surface area contributed by atoms with Gasteiger partial charge in [-0.2, -0.15) is 0 Å². The molecule has 8 nitrogen and oxygen atoms in total. The molecule has 1 amide bonds. The van der Waals surface area contributed by atoms with Gasteiger partial charge in [-0.25, -0.2) is 4.98 Å². The average molecular weight is 433 g/mol. The summed E-state index contributed by atoms with van der Waals surface area (Å²) in [4.78, 5) is 31.4. The SMILES string of the molecule is COc1cccc(C(O)=C2C(=O)C(=O)N(CCCn3ccnc3)C2c2cccc(O)c2)c1. The van der Waals surface area contributed by atoms with Gasteiger partial charge in [-0.05, 0) is 36.2 Å². The number of aromatic hydroxyl groups is 1. The zero-order valence-corrected chi connectivity index (χ0v) is 17.5. The van der Waals surface area contributed by atoms with E-state index in [9.17, 15) is 19.8 Å². The summed E-state index contributed by atoms with van der Waals surface area (Å²) in [6.45, 7) is 0.906. The Morgan fingerprint density at radius 2 is 1.94 bits per heavy atom. The van der Waals surface area contributed by atoms with E-state index >= 15 is 0 Å². The Morgan fingerprint density at radius 1 is 1.12 bits per heavy atom. The van der Waals surface area contributed by atoms with Crippen molar-refractivity contribution in [3.8, 4) is 11.5 Å². The van der Waals surface area contributed by atoms with Crippen molar-refractivity contribution in [2.75, 3.05) is 13.7 Å². The van der Waals surface area contributed by atoms with Gasteiger partial charge in [-0.1, -0.05) is 24.3 Å². The van der Waals surface area contributed by atoms with Crippen LogP contribution in [0.4, 0.5) is 0 Å². The van der Waals surface area contributed by atoms with Crippen LogP contribution in [0.5, 0.6) is 11.5 Å². The molecule has 0 aliphatic carbocycles. The summed E-state index contributed by atoms with van der Waals surface area (Å²) < 4.78 is 7.10. The van der Waals surface area contributed by atoms with Crippen molar-refractivity contribution in [2.45, 2.75) is 19.0 Å². The quantitative estimate of drug-likeness (QED) is 0.337. The van der Waals surface area contributed by atoms with Gasteiger partial charge in [0, 0.05) is 31.0 Å². The van der Waals surface area contributed by atoms with E-state index in [0.717, 1.165) is 0 Å². The number of imidazole rings is 1.